The van der Waals surface area contributed by atoms with Crippen LogP contribution in [0.4, 0.5) is 0 Å². The van der Waals surface area contributed by atoms with Crippen molar-refractivity contribution in [3.8, 4) is 0 Å². The first kappa shape index (κ1) is 16.0. The summed E-state index contributed by atoms with van der Waals surface area (Å²) < 4.78 is 28.6. The van der Waals surface area contributed by atoms with Crippen LogP contribution >= 0.6 is 0 Å². The lowest BCUT2D eigenvalue weighted by atomic mass is 10.1. The number of aromatic nitrogens is 1. The van der Waals surface area contributed by atoms with E-state index in [4.69, 9.17) is 5.11 Å². The Labute approximate surface area is 125 Å². The Morgan fingerprint density at radius 1 is 1.52 bits per heavy atom. The van der Waals surface area contributed by atoms with Gasteiger partial charge in [-0.1, -0.05) is 20.8 Å². The highest BCUT2D eigenvalue weighted by molar-refractivity contribution is 7.89. The molecule has 0 amide bonds. The number of aryl methyl sites for hydroxylation is 1. The number of hydrogen-bond acceptors (Lipinski definition) is 3. The third-order valence-corrected chi connectivity index (χ3v) is 5.49. The molecule has 1 aliphatic rings. The van der Waals surface area contributed by atoms with Gasteiger partial charge in [-0.2, -0.15) is 0 Å². The third kappa shape index (κ3) is 3.47. The highest BCUT2D eigenvalue weighted by Gasteiger charge is 2.45. The summed E-state index contributed by atoms with van der Waals surface area (Å²) in [6, 6.07) is 1.22. The minimum atomic E-state index is -3.65. The van der Waals surface area contributed by atoms with E-state index in [2.05, 4.69) is 18.6 Å². The van der Waals surface area contributed by atoms with E-state index in [1.54, 1.807) is 0 Å². The first-order valence-corrected chi connectivity index (χ1v) is 8.59. The summed E-state index contributed by atoms with van der Waals surface area (Å²) in [6.07, 6.45) is 3.14. The molecule has 2 N–H and O–H groups in total. The van der Waals surface area contributed by atoms with Gasteiger partial charge in [0.1, 0.15) is 10.6 Å². The Balaban J connectivity index is 2.16. The summed E-state index contributed by atoms with van der Waals surface area (Å²) in [5.74, 6) is -0.767. The average molecular weight is 314 g/mol. The summed E-state index contributed by atoms with van der Waals surface area (Å²) >= 11 is 0. The van der Waals surface area contributed by atoms with Crippen LogP contribution in [0.25, 0.3) is 0 Å². The van der Waals surface area contributed by atoms with Gasteiger partial charge in [0.05, 0.1) is 0 Å². The molecule has 0 aromatic carbocycles. The molecule has 0 aliphatic heterocycles. The van der Waals surface area contributed by atoms with E-state index in [9.17, 15) is 13.2 Å². The molecule has 1 heterocycles. The molecule has 21 heavy (non-hydrogen) atoms. The molecule has 7 heteroatoms. The summed E-state index contributed by atoms with van der Waals surface area (Å²) in [4.78, 5) is 11.2. The number of carboxylic acids is 1. The number of carboxylic acid groups (broad SMARTS) is 1. The van der Waals surface area contributed by atoms with Gasteiger partial charge in [0.2, 0.25) is 10.0 Å². The van der Waals surface area contributed by atoms with Gasteiger partial charge in [-0.3, -0.25) is 0 Å². The highest BCUT2D eigenvalue weighted by Crippen LogP contribution is 2.51. The van der Waals surface area contributed by atoms with Gasteiger partial charge in [0, 0.05) is 19.3 Å². The molecule has 1 aromatic rings. The van der Waals surface area contributed by atoms with E-state index in [-0.39, 0.29) is 16.0 Å². The fourth-order valence-electron chi connectivity index (χ4n) is 2.45. The van der Waals surface area contributed by atoms with E-state index in [0.717, 1.165) is 12.8 Å². The van der Waals surface area contributed by atoms with Crippen LogP contribution in [0.15, 0.2) is 17.2 Å². The summed E-state index contributed by atoms with van der Waals surface area (Å²) in [6.45, 7) is 7.00. The second-order valence-electron chi connectivity index (χ2n) is 6.30. The lowest BCUT2D eigenvalue weighted by Gasteiger charge is -2.06. The summed E-state index contributed by atoms with van der Waals surface area (Å²) in [5, 5.41) is 9.13. The number of hydrogen-bond donors (Lipinski definition) is 2. The monoisotopic (exact) mass is 314 g/mol. The van der Waals surface area contributed by atoms with Gasteiger partial charge in [-0.05, 0) is 30.2 Å². The summed E-state index contributed by atoms with van der Waals surface area (Å²) in [7, 11) is -3.65. The largest absolute Gasteiger partial charge is 0.477 e. The Morgan fingerprint density at radius 3 is 2.62 bits per heavy atom. The molecule has 118 valence electrons. The van der Waals surface area contributed by atoms with Crippen LogP contribution in [0.5, 0.6) is 0 Å². The average Bonchev–Trinajstić information content (AvgIpc) is 2.80. The van der Waals surface area contributed by atoms with Crippen LogP contribution in [-0.4, -0.2) is 30.6 Å². The van der Waals surface area contributed by atoms with Crippen LogP contribution in [0.1, 0.15) is 44.1 Å². The van der Waals surface area contributed by atoms with E-state index in [0.29, 0.717) is 19.0 Å². The topological polar surface area (TPSA) is 88.4 Å². The van der Waals surface area contributed by atoms with Crippen molar-refractivity contribution in [2.75, 3.05) is 6.54 Å². The van der Waals surface area contributed by atoms with Crippen LogP contribution in [0.2, 0.25) is 0 Å². The van der Waals surface area contributed by atoms with Crippen molar-refractivity contribution in [2.24, 2.45) is 11.3 Å². The van der Waals surface area contributed by atoms with Crippen molar-refractivity contribution in [2.45, 2.75) is 45.1 Å². The third-order valence-electron chi connectivity index (χ3n) is 4.10. The molecule has 1 unspecified atom stereocenters. The first-order valence-electron chi connectivity index (χ1n) is 7.10. The minimum Gasteiger partial charge on any atom is -0.477 e. The molecule has 1 aliphatic carbocycles. The number of carbonyl (C=O) groups is 1. The van der Waals surface area contributed by atoms with Crippen LogP contribution < -0.4 is 4.72 Å². The summed E-state index contributed by atoms with van der Waals surface area (Å²) in [5.41, 5.74) is 0.201. The lowest BCUT2D eigenvalue weighted by Crippen LogP contribution is -2.26. The predicted octanol–water partition coefficient (Wildman–Crippen LogP) is 1.92. The van der Waals surface area contributed by atoms with Crippen molar-refractivity contribution in [3.05, 3.63) is 18.0 Å². The molecule has 0 radical (unpaired) electrons. The van der Waals surface area contributed by atoms with Gasteiger partial charge in [-0.15, -0.1) is 0 Å². The van der Waals surface area contributed by atoms with Gasteiger partial charge in [-0.25, -0.2) is 17.9 Å². The number of rotatable bonds is 7. The van der Waals surface area contributed by atoms with Crippen LogP contribution in [-0.2, 0) is 16.6 Å². The smallest absolute Gasteiger partial charge is 0.352 e. The standard InChI is InChI=1S/C14H22N2O4S/c1-4-5-16-9-11(6-12(16)13(17)18)21(19,20)15-8-10-7-14(10,2)3/h6,9-10,15H,4-5,7-8H2,1-3H3,(H,17,18). The van der Waals surface area contributed by atoms with Crippen LogP contribution in [0, 0.1) is 11.3 Å². The number of aromatic carboxylic acids is 1. The Hall–Kier alpha value is -1.34. The van der Waals surface area contributed by atoms with Crippen molar-refractivity contribution in [3.63, 3.8) is 0 Å². The molecule has 6 nitrogen and oxygen atoms in total. The fraction of sp³-hybridized carbons (Fsp3) is 0.643. The first-order chi connectivity index (χ1) is 9.67. The maximum Gasteiger partial charge on any atom is 0.352 e. The van der Waals surface area contributed by atoms with E-state index >= 15 is 0 Å². The molecule has 0 bridgehead atoms. The van der Waals surface area contributed by atoms with Gasteiger partial charge >= 0.3 is 5.97 Å². The van der Waals surface area contributed by atoms with Crippen molar-refractivity contribution in [1.29, 1.82) is 0 Å². The maximum atomic E-state index is 12.3. The SMILES string of the molecule is CCCn1cc(S(=O)(=O)NCC2CC2(C)C)cc1C(=O)O. The quantitative estimate of drug-likeness (QED) is 0.805. The molecule has 0 saturated heterocycles. The second-order valence-corrected chi connectivity index (χ2v) is 8.07. The molecule has 1 atom stereocenters. The van der Waals surface area contributed by atoms with E-state index < -0.39 is 16.0 Å². The lowest BCUT2D eigenvalue weighted by molar-refractivity contribution is 0.0685. The van der Waals surface area contributed by atoms with Gasteiger partial charge in [0.15, 0.2) is 0 Å². The minimum absolute atomic E-state index is 0.00368. The van der Waals surface area contributed by atoms with E-state index in [1.807, 2.05) is 6.92 Å². The molecule has 2 rings (SSSR count). The number of nitrogens with zero attached hydrogens (tertiary/aromatic N) is 1. The molecule has 1 saturated carbocycles. The maximum absolute atomic E-state index is 12.3. The molecule has 0 spiro atoms. The zero-order valence-corrected chi connectivity index (χ0v) is 13.4. The fourth-order valence-corrected chi connectivity index (χ4v) is 3.57. The van der Waals surface area contributed by atoms with Gasteiger partial charge in [0.25, 0.3) is 0 Å². The zero-order valence-electron chi connectivity index (χ0n) is 12.6. The predicted molar refractivity (Wildman–Crippen MR) is 78.8 cm³/mol. The Kier molecular flexibility index (Phi) is 4.17. The van der Waals surface area contributed by atoms with Crippen molar-refractivity contribution in [1.82, 2.24) is 9.29 Å². The van der Waals surface area contributed by atoms with Crippen molar-refractivity contribution >= 4 is 16.0 Å². The Morgan fingerprint density at radius 2 is 2.14 bits per heavy atom. The van der Waals surface area contributed by atoms with Crippen LogP contribution in [0.3, 0.4) is 0 Å². The molecular weight excluding hydrogens is 292 g/mol. The van der Waals surface area contributed by atoms with Crippen molar-refractivity contribution < 1.29 is 18.3 Å². The Bertz CT molecular complexity index is 646. The highest BCUT2D eigenvalue weighted by atomic mass is 32.2. The molecule has 1 fully saturated rings. The van der Waals surface area contributed by atoms with E-state index in [1.165, 1.54) is 16.8 Å². The second kappa shape index (κ2) is 5.46. The number of sulfonamides is 1. The van der Waals surface area contributed by atoms with Gasteiger partial charge < -0.3 is 9.67 Å². The normalized spacial score (nSPS) is 20.4. The molecular formula is C14H22N2O4S. The zero-order chi connectivity index (χ0) is 15.8. The number of nitrogens with one attached hydrogen (secondary N) is 1. The molecule has 1 aromatic heterocycles.